The Hall–Kier alpha value is -2.59. The minimum Gasteiger partial charge on any atom is -0.495 e. The van der Waals surface area contributed by atoms with Crippen LogP contribution in [0, 0.1) is 6.92 Å². The molecule has 0 spiro atoms. The van der Waals surface area contributed by atoms with Gasteiger partial charge in [-0.3, -0.25) is 4.72 Å². The SMILES string of the molecule is COc1cc(-c2c(C)sc3ncnc(N)c23)ccc1NS(=O)(=O)c1cccc(Cl)c1Cl. The summed E-state index contributed by atoms with van der Waals surface area (Å²) in [5.74, 6) is 0.706. The summed E-state index contributed by atoms with van der Waals surface area (Å²) >= 11 is 13.6. The van der Waals surface area contributed by atoms with E-state index in [0.717, 1.165) is 26.2 Å². The molecule has 0 unspecified atom stereocenters. The Morgan fingerprint density at radius 3 is 2.68 bits per heavy atom. The normalized spacial score (nSPS) is 11.6. The number of sulfonamides is 1. The van der Waals surface area contributed by atoms with Crippen LogP contribution in [0.3, 0.4) is 0 Å². The predicted molar refractivity (Wildman–Crippen MR) is 126 cm³/mol. The number of nitrogens with zero attached hydrogens (tertiary/aromatic N) is 2. The van der Waals surface area contributed by atoms with Crippen LogP contribution in [0.15, 0.2) is 47.6 Å². The molecule has 3 N–H and O–H groups in total. The molecule has 7 nitrogen and oxygen atoms in total. The van der Waals surface area contributed by atoms with Crippen molar-refractivity contribution in [1.29, 1.82) is 0 Å². The number of nitrogens with two attached hydrogens (primary N) is 1. The van der Waals surface area contributed by atoms with Gasteiger partial charge in [0.15, 0.2) is 0 Å². The number of aryl methyl sites for hydroxylation is 1. The van der Waals surface area contributed by atoms with Gasteiger partial charge in [-0.1, -0.05) is 35.3 Å². The maximum atomic E-state index is 12.9. The van der Waals surface area contributed by atoms with Crippen LogP contribution < -0.4 is 15.2 Å². The van der Waals surface area contributed by atoms with Gasteiger partial charge in [-0.05, 0) is 36.8 Å². The van der Waals surface area contributed by atoms with Gasteiger partial charge in [0.25, 0.3) is 10.0 Å². The second-order valence-corrected chi connectivity index (χ2v) is 10.2. The molecule has 0 atom stereocenters. The smallest absolute Gasteiger partial charge is 0.263 e. The molecule has 0 saturated carbocycles. The maximum Gasteiger partial charge on any atom is 0.263 e. The summed E-state index contributed by atoms with van der Waals surface area (Å²) < 4.78 is 33.7. The lowest BCUT2D eigenvalue weighted by Gasteiger charge is -2.14. The Kier molecular flexibility index (Phi) is 5.69. The number of thiophene rings is 1. The Labute approximate surface area is 192 Å². The molecule has 0 amide bonds. The summed E-state index contributed by atoms with van der Waals surface area (Å²) in [6.07, 6.45) is 1.43. The van der Waals surface area contributed by atoms with Crippen LogP contribution >= 0.6 is 34.5 Å². The highest BCUT2D eigenvalue weighted by Crippen LogP contribution is 2.42. The largest absolute Gasteiger partial charge is 0.495 e. The lowest BCUT2D eigenvalue weighted by molar-refractivity contribution is 0.417. The summed E-state index contributed by atoms with van der Waals surface area (Å²) in [6, 6.07) is 9.54. The zero-order valence-corrected chi connectivity index (χ0v) is 19.5. The van der Waals surface area contributed by atoms with Gasteiger partial charge in [0, 0.05) is 10.4 Å². The van der Waals surface area contributed by atoms with E-state index in [4.69, 9.17) is 33.7 Å². The highest BCUT2D eigenvalue weighted by molar-refractivity contribution is 7.92. The number of anilines is 2. The fourth-order valence-corrected chi connectivity index (χ4v) is 6.09. The fourth-order valence-electron chi connectivity index (χ4n) is 3.24. The van der Waals surface area contributed by atoms with Crippen LogP contribution in [-0.2, 0) is 10.0 Å². The van der Waals surface area contributed by atoms with Crippen molar-refractivity contribution in [2.45, 2.75) is 11.8 Å². The first-order chi connectivity index (χ1) is 14.7. The maximum absolute atomic E-state index is 12.9. The zero-order valence-electron chi connectivity index (χ0n) is 16.3. The standard InChI is InChI=1S/C20H16Cl2N4O3S2/c1-10-16(17-19(23)24-9-25-20(17)30-10)11-6-7-13(14(8-11)29-2)26-31(27,28)15-5-3-4-12(21)18(15)22/h3-9,26H,1-2H3,(H2,23,24,25). The van der Waals surface area contributed by atoms with E-state index in [1.807, 2.05) is 6.92 Å². The fraction of sp³-hybridized carbons (Fsp3) is 0.100. The predicted octanol–water partition coefficient (Wildman–Crippen LogP) is 5.37. The van der Waals surface area contributed by atoms with Gasteiger partial charge in [0.1, 0.15) is 27.6 Å². The molecule has 0 aliphatic carbocycles. The van der Waals surface area contributed by atoms with E-state index in [1.165, 1.54) is 43.0 Å². The Bertz CT molecular complexity index is 1420. The third kappa shape index (κ3) is 3.89. The van der Waals surface area contributed by atoms with Crippen LogP contribution in [0.1, 0.15) is 4.88 Å². The third-order valence-corrected chi connectivity index (χ3v) is 7.99. The molecule has 31 heavy (non-hydrogen) atoms. The number of hydrogen-bond acceptors (Lipinski definition) is 7. The van der Waals surface area contributed by atoms with Crippen LogP contribution in [0.4, 0.5) is 11.5 Å². The number of fused-ring (bicyclic) bond motifs is 1. The highest BCUT2D eigenvalue weighted by Gasteiger charge is 2.22. The summed E-state index contributed by atoms with van der Waals surface area (Å²) in [5, 5.41) is 0.848. The second kappa shape index (κ2) is 8.16. The molecule has 2 heterocycles. The van der Waals surface area contributed by atoms with Gasteiger partial charge in [-0.15, -0.1) is 11.3 Å². The van der Waals surface area contributed by atoms with Crippen molar-refractivity contribution in [1.82, 2.24) is 9.97 Å². The number of nitrogens with one attached hydrogen (secondary N) is 1. The van der Waals surface area contributed by atoms with Crippen LogP contribution in [0.2, 0.25) is 10.0 Å². The van der Waals surface area contributed by atoms with Gasteiger partial charge < -0.3 is 10.5 Å². The Morgan fingerprint density at radius 1 is 1.16 bits per heavy atom. The molecule has 0 bridgehead atoms. The third-order valence-electron chi connectivity index (χ3n) is 4.63. The molecular weight excluding hydrogens is 479 g/mol. The first kappa shape index (κ1) is 21.6. The quantitative estimate of drug-likeness (QED) is 0.386. The molecule has 0 radical (unpaired) electrons. The van der Waals surface area contributed by atoms with E-state index in [1.54, 1.807) is 18.2 Å². The monoisotopic (exact) mass is 494 g/mol. The minimum absolute atomic E-state index is 0.0527. The summed E-state index contributed by atoms with van der Waals surface area (Å²) in [6.45, 7) is 1.96. The lowest BCUT2D eigenvalue weighted by Crippen LogP contribution is -2.14. The van der Waals surface area contributed by atoms with Crippen molar-refractivity contribution in [3.05, 3.63) is 57.6 Å². The number of rotatable bonds is 5. The van der Waals surface area contributed by atoms with Crippen LogP contribution in [-0.4, -0.2) is 25.5 Å². The molecule has 0 aliphatic heterocycles. The summed E-state index contributed by atoms with van der Waals surface area (Å²) in [4.78, 5) is 10.0. The Morgan fingerprint density at radius 2 is 1.94 bits per heavy atom. The van der Waals surface area contributed by atoms with Crippen LogP contribution in [0.25, 0.3) is 21.3 Å². The van der Waals surface area contributed by atoms with Crippen molar-refractivity contribution >= 4 is 66.3 Å². The number of benzene rings is 2. The van der Waals surface area contributed by atoms with Crippen molar-refractivity contribution in [3.8, 4) is 16.9 Å². The first-order valence-electron chi connectivity index (χ1n) is 8.87. The average molecular weight is 495 g/mol. The molecule has 160 valence electrons. The second-order valence-electron chi connectivity index (χ2n) is 6.54. The van der Waals surface area contributed by atoms with Crippen LogP contribution in [0.5, 0.6) is 5.75 Å². The molecule has 11 heteroatoms. The van der Waals surface area contributed by atoms with Gasteiger partial charge >= 0.3 is 0 Å². The number of halogens is 2. The molecular formula is C20H16Cl2N4O3S2. The zero-order chi connectivity index (χ0) is 22.3. The van der Waals surface area contributed by atoms with E-state index in [9.17, 15) is 8.42 Å². The average Bonchev–Trinajstić information content (AvgIpc) is 3.07. The minimum atomic E-state index is -4.00. The summed E-state index contributed by atoms with van der Waals surface area (Å²) in [5.41, 5.74) is 8.02. The molecule has 4 rings (SSSR count). The van der Waals surface area contributed by atoms with Crippen molar-refractivity contribution in [2.75, 3.05) is 17.6 Å². The van der Waals surface area contributed by atoms with E-state index >= 15 is 0 Å². The molecule has 2 aromatic carbocycles. The number of nitrogen functional groups attached to an aromatic ring is 1. The van der Waals surface area contributed by atoms with E-state index in [-0.39, 0.29) is 20.6 Å². The van der Waals surface area contributed by atoms with Gasteiger partial charge in [-0.2, -0.15) is 0 Å². The molecule has 2 aromatic heterocycles. The number of aromatic nitrogens is 2. The van der Waals surface area contributed by atoms with E-state index in [0.29, 0.717) is 11.6 Å². The highest BCUT2D eigenvalue weighted by atomic mass is 35.5. The molecule has 0 fully saturated rings. The van der Waals surface area contributed by atoms with Crippen molar-refractivity contribution in [2.24, 2.45) is 0 Å². The summed E-state index contributed by atoms with van der Waals surface area (Å²) in [7, 11) is -2.54. The van der Waals surface area contributed by atoms with E-state index < -0.39 is 10.0 Å². The molecule has 0 aliphatic rings. The van der Waals surface area contributed by atoms with Crippen molar-refractivity contribution in [3.63, 3.8) is 0 Å². The first-order valence-corrected chi connectivity index (χ1v) is 11.9. The Balaban J connectivity index is 1.79. The number of hydrogen-bond donors (Lipinski definition) is 2. The van der Waals surface area contributed by atoms with Gasteiger partial charge in [0.05, 0.1) is 28.2 Å². The number of methoxy groups -OCH3 is 1. The van der Waals surface area contributed by atoms with Crippen molar-refractivity contribution < 1.29 is 13.2 Å². The molecule has 0 saturated heterocycles. The van der Waals surface area contributed by atoms with Gasteiger partial charge in [-0.25, -0.2) is 18.4 Å². The molecule has 4 aromatic rings. The van der Waals surface area contributed by atoms with Gasteiger partial charge in [0.2, 0.25) is 0 Å². The topological polar surface area (TPSA) is 107 Å². The number of ether oxygens (including phenoxy) is 1. The lowest BCUT2D eigenvalue weighted by atomic mass is 10.0. The van der Waals surface area contributed by atoms with E-state index in [2.05, 4.69) is 14.7 Å².